The van der Waals surface area contributed by atoms with Gasteiger partial charge in [0.2, 0.25) is 0 Å². The molecule has 0 atom stereocenters. The minimum atomic E-state index is -0.452. The van der Waals surface area contributed by atoms with Crippen LogP contribution in [-0.4, -0.2) is 26.8 Å². The SMILES string of the molecule is O=C(N/N=C\c1cn(-c2ccccc2)nc1-c1ccc([N+](=O)[O-])cc1)c1ccc(Br)cc1. The molecule has 4 aromatic rings. The number of hydrogen-bond acceptors (Lipinski definition) is 5. The lowest BCUT2D eigenvalue weighted by Gasteiger charge is -2.01. The van der Waals surface area contributed by atoms with Crippen molar-refractivity contribution in [3.05, 3.63) is 111 Å². The molecule has 1 heterocycles. The number of hydrogen-bond donors (Lipinski definition) is 1. The first-order chi connectivity index (χ1) is 15.5. The molecule has 0 saturated heterocycles. The molecule has 3 aromatic carbocycles. The lowest BCUT2D eigenvalue weighted by atomic mass is 10.1. The fourth-order valence-electron chi connectivity index (χ4n) is 2.99. The molecule has 0 bridgehead atoms. The molecular weight excluding hydrogens is 474 g/mol. The second kappa shape index (κ2) is 9.36. The van der Waals surface area contributed by atoms with Gasteiger partial charge in [0, 0.05) is 39.5 Å². The van der Waals surface area contributed by atoms with E-state index in [1.165, 1.54) is 18.3 Å². The van der Waals surface area contributed by atoms with Gasteiger partial charge in [-0.15, -0.1) is 0 Å². The zero-order valence-electron chi connectivity index (χ0n) is 16.6. The summed E-state index contributed by atoms with van der Waals surface area (Å²) in [7, 11) is 0. The summed E-state index contributed by atoms with van der Waals surface area (Å²) in [4.78, 5) is 22.8. The molecule has 1 aromatic heterocycles. The number of nitro groups is 1. The molecular formula is C23H16BrN5O3. The van der Waals surface area contributed by atoms with E-state index in [0.717, 1.165) is 10.2 Å². The Hall–Kier alpha value is -4.11. The summed E-state index contributed by atoms with van der Waals surface area (Å²) in [5, 5.41) is 19.7. The zero-order chi connectivity index (χ0) is 22.5. The van der Waals surface area contributed by atoms with Crippen molar-refractivity contribution in [1.29, 1.82) is 0 Å². The number of amides is 1. The average molecular weight is 490 g/mol. The minimum Gasteiger partial charge on any atom is -0.267 e. The van der Waals surface area contributed by atoms with E-state index in [2.05, 4.69) is 31.6 Å². The largest absolute Gasteiger partial charge is 0.271 e. The first-order valence-corrected chi connectivity index (χ1v) is 10.3. The molecule has 0 aliphatic heterocycles. The van der Waals surface area contributed by atoms with Crippen LogP contribution in [0.3, 0.4) is 0 Å². The van der Waals surface area contributed by atoms with Gasteiger partial charge >= 0.3 is 0 Å². The standard InChI is InChI=1S/C23H16BrN5O3/c24-19-10-6-17(7-11-19)23(30)26-25-14-18-15-28(20-4-2-1-3-5-20)27-22(18)16-8-12-21(13-9-16)29(31)32/h1-15H,(H,26,30)/b25-14-. The molecule has 9 heteroatoms. The molecule has 0 saturated carbocycles. The first kappa shape index (κ1) is 21.1. The van der Waals surface area contributed by atoms with E-state index in [-0.39, 0.29) is 11.6 Å². The fraction of sp³-hybridized carbons (Fsp3) is 0. The van der Waals surface area contributed by atoms with Crippen molar-refractivity contribution in [1.82, 2.24) is 15.2 Å². The lowest BCUT2D eigenvalue weighted by molar-refractivity contribution is -0.384. The Morgan fingerprint density at radius 2 is 1.72 bits per heavy atom. The van der Waals surface area contributed by atoms with Gasteiger partial charge in [-0.25, -0.2) is 10.1 Å². The number of non-ortho nitro benzene ring substituents is 1. The number of carbonyl (C=O) groups is 1. The number of para-hydroxylation sites is 1. The molecule has 32 heavy (non-hydrogen) atoms. The number of nitrogens with one attached hydrogen (secondary N) is 1. The van der Waals surface area contributed by atoms with E-state index in [9.17, 15) is 14.9 Å². The van der Waals surface area contributed by atoms with Crippen LogP contribution in [-0.2, 0) is 0 Å². The molecule has 0 unspecified atom stereocenters. The normalized spacial score (nSPS) is 10.9. The molecule has 0 aliphatic rings. The van der Waals surface area contributed by atoms with Crippen LogP contribution in [0.5, 0.6) is 0 Å². The van der Waals surface area contributed by atoms with Crippen molar-refractivity contribution in [2.45, 2.75) is 0 Å². The van der Waals surface area contributed by atoms with Crippen LogP contribution in [0.2, 0.25) is 0 Å². The third-order valence-corrected chi connectivity index (χ3v) is 5.12. The number of rotatable bonds is 6. The number of nitrogens with zero attached hydrogens (tertiary/aromatic N) is 4. The van der Waals surface area contributed by atoms with Gasteiger partial charge in [0.1, 0.15) is 5.69 Å². The van der Waals surface area contributed by atoms with Crippen LogP contribution in [0.15, 0.2) is 94.6 Å². The minimum absolute atomic E-state index is 0.00628. The van der Waals surface area contributed by atoms with E-state index >= 15 is 0 Å². The number of nitro benzene ring substituents is 1. The zero-order valence-corrected chi connectivity index (χ0v) is 18.1. The number of hydrazone groups is 1. The number of aromatic nitrogens is 2. The second-order valence-corrected chi connectivity index (χ2v) is 7.64. The highest BCUT2D eigenvalue weighted by Crippen LogP contribution is 2.25. The van der Waals surface area contributed by atoms with Crippen LogP contribution in [0.25, 0.3) is 16.9 Å². The maximum Gasteiger partial charge on any atom is 0.271 e. The predicted octanol–water partition coefficient (Wildman–Crippen LogP) is 4.97. The van der Waals surface area contributed by atoms with Gasteiger partial charge in [-0.2, -0.15) is 10.2 Å². The fourth-order valence-corrected chi connectivity index (χ4v) is 3.25. The summed E-state index contributed by atoms with van der Waals surface area (Å²) in [5.41, 5.74) is 5.71. The molecule has 0 spiro atoms. The van der Waals surface area contributed by atoms with Crippen LogP contribution in [0, 0.1) is 10.1 Å². The van der Waals surface area contributed by atoms with Crippen LogP contribution in [0.1, 0.15) is 15.9 Å². The van der Waals surface area contributed by atoms with Crippen molar-refractivity contribution in [3.8, 4) is 16.9 Å². The summed E-state index contributed by atoms with van der Waals surface area (Å²) in [6.45, 7) is 0. The number of benzene rings is 3. The van der Waals surface area contributed by atoms with Gasteiger partial charge in [-0.1, -0.05) is 34.1 Å². The number of carbonyl (C=O) groups excluding carboxylic acids is 1. The molecule has 8 nitrogen and oxygen atoms in total. The highest BCUT2D eigenvalue weighted by molar-refractivity contribution is 9.10. The Kier molecular flexibility index (Phi) is 6.18. The van der Waals surface area contributed by atoms with Gasteiger partial charge in [-0.05, 0) is 48.5 Å². The number of halogens is 1. The van der Waals surface area contributed by atoms with Gasteiger partial charge in [0.15, 0.2) is 0 Å². The average Bonchev–Trinajstić information content (AvgIpc) is 3.24. The van der Waals surface area contributed by atoms with Gasteiger partial charge < -0.3 is 0 Å². The highest BCUT2D eigenvalue weighted by atomic mass is 79.9. The van der Waals surface area contributed by atoms with Crippen LogP contribution >= 0.6 is 15.9 Å². The maximum absolute atomic E-state index is 12.3. The van der Waals surface area contributed by atoms with Gasteiger partial charge in [0.25, 0.3) is 11.6 Å². The van der Waals surface area contributed by atoms with E-state index < -0.39 is 4.92 Å². The van der Waals surface area contributed by atoms with Crippen molar-refractivity contribution >= 4 is 33.7 Å². The van der Waals surface area contributed by atoms with E-state index in [1.807, 2.05) is 30.3 Å². The summed E-state index contributed by atoms with van der Waals surface area (Å²) < 4.78 is 2.56. The molecule has 158 valence electrons. The Labute approximate surface area is 191 Å². The Bertz CT molecular complexity index is 1280. The summed E-state index contributed by atoms with van der Waals surface area (Å²) in [6.07, 6.45) is 3.28. The van der Waals surface area contributed by atoms with Crippen molar-refractivity contribution in [2.75, 3.05) is 0 Å². The predicted molar refractivity (Wildman–Crippen MR) is 125 cm³/mol. The van der Waals surface area contributed by atoms with Crippen molar-refractivity contribution < 1.29 is 9.72 Å². The molecule has 0 fully saturated rings. The summed E-state index contributed by atoms with van der Waals surface area (Å²) in [5.74, 6) is -0.346. The second-order valence-electron chi connectivity index (χ2n) is 6.72. The van der Waals surface area contributed by atoms with E-state index in [4.69, 9.17) is 0 Å². The smallest absolute Gasteiger partial charge is 0.267 e. The van der Waals surface area contributed by atoms with E-state index in [0.29, 0.717) is 22.4 Å². The van der Waals surface area contributed by atoms with Crippen molar-refractivity contribution in [3.63, 3.8) is 0 Å². The lowest BCUT2D eigenvalue weighted by Crippen LogP contribution is -2.17. The van der Waals surface area contributed by atoms with E-state index in [1.54, 1.807) is 47.3 Å². The highest BCUT2D eigenvalue weighted by Gasteiger charge is 2.13. The quantitative estimate of drug-likeness (QED) is 0.234. The topological polar surface area (TPSA) is 102 Å². The van der Waals surface area contributed by atoms with Gasteiger partial charge in [-0.3, -0.25) is 14.9 Å². The maximum atomic E-state index is 12.3. The summed E-state index contributed by atoms with van der Waals surface area (Å²) >= 11 is 3.33. The third kappa shape index (κ3) is 4.79. The molecule has 0 aliphatic carbocycles. The Morgan fingerprint density at radius 3 is 2.38 bits per heavy atom. The molecule has 1 amide bonds. The molecule has 1 N–H and O–H groups in total. The van der Waals surface area contributed by atoms with Crippen LogP contribution in [0.4, 0.5) is 5.69 Å². The molecule has 4 rings (SSSR count). The third-order valence-electron chi connectivity index (χ3n) is 4.59. The van der Waals surface area contributed by atoms with Gasteiger partial charge in [0.05, 0.1) is 16.8 Å². The monoisotopic (exact) mass is 489 g/mol. The Balaban J connectivity index is 1.64. The summed E-state index contributed by atoms with van der Waals surface area (Å²) in [6, 6.07) is 22.5. The molecule has 0 radical (unpaired) electrons. The van der Waals surface area contributed by atoms with Crippen LogP contribution < -0.4 is 5.43 Å². The first-order valence-electron chi connectivity index (χ1n) is 9.50. The van der Waals surface area contributed by atoms with Crippen molar-refractivity contribution in [2.24, 2.45) is 5.10 Å². The Morgan fingerprint density at radius 1 is 1.03 bits per heavy atom.